The van der Waals surface area contributed by atoms with Crippen molar-refractivity contribution < 1.29 is 13.2 Å². The molecule has 8 heteroatoms. The lowest BCUT2D eigenvalue weighted by Crippen LogP contribution is -2.20. The van der Waals surface area contributed by atoms with Gasteiger partial charge in [-0.25, -0.2) is 13.6 Å². The maximum absolute atomic E-state index is 11.4. The molecule has 1 aromatic rings. The molecule has 1 aromatic carbocycles. The van der Waals surface area contributed by atoms with E-state index < -0.39 is 10.0 Å². The summed E-state index contributed by atoms with van der Waals surface area (Å²) < 4.78 is 22.8. The van der Waals surface area contributed by atoms with Crippen molar-refractivity contribution >= 4 is 33.4 Å². The molecule has 0 aliphatic carbocycles. The number of rotatable bonds is 4. The van der Waals surface area contributed by atoms with Crippen LogP contribution in [0.25, 0.3) is 0 Å². The number of thioether (sulfide) groups is 1. The van der Waals surface area contributed by atoms with Crippen molar-refractivity contribution in [2.75, 3.05) is 18.5 Å². The molecule has 0 atom stereocenters. The Labute approximate surface area is 110 Å². The summed E-state index contributed by atoms with van der Waals surface area (Å²) in [5.74, 6) is 0.0316. The SMILES string of the molecule is CNC(=O)CSc1cc(N)cc(S(N)(=O)=O)c1C. The zero-order valence-electron chi connectivity index (χ0n) is 10.1. The summed E-state index contributed by atoms with van der Waals surface area (Å²) in [5.41, 5.74) is 6.43. The number of carbonyl (C=O) groups excluding carboxylic acids is 1. The molecule has 5 N–H and O–H groups in total. The first kappa shape index (κ1) is 14.8. The summed E-state index contributed by atoms with van der Waals surface area (Å²) in [6.45, 7) is 1.63. The normalized spacial score (nSPS) is 11.3. The second kappa shape index (κ2) is 5.59. The highest BCUT2D eigenvalue weighted by Gasteiger charge is 2.16. The van der Waals surface area contributed by atoms with Crippen LogP contribution in [0.5, 0.6) is 0 Å². The highest BCUT2D eigenvalue weighted by Crippen LogP contribution is 2.29. The van der Waals surface area contributed by atoms with E-state index in [-0.39, 0.29) is 16.6 Å². The van der Waals surface area contributed by atoms with E-state index >= 15 is 0 Å². The van der Waals surface area contributed by atoms with E-state index in [1.807, 2.05) is 0 Å². The molecule has 0 radical (unpaired) electrons. The molecule has 0 heterocycles. The molecule has 0 unspecified atom stereocenters. The van der Waals surface area contributed by atoms with Crippen LogP contribution in [0, 0.1) is 6.92 Å². The minimum absolute atomic E-state index is 0.0121. The van der Waals surface area contributed by atoms with Gasteiger partial charge in [0.2, 0.25) is 15.9 Å². The first-order valence-electron chi connectivity index (χ1n) is 5.02. The Kier molecular flexibility index (Phi) is 4.60. The maximum Gasteiger partial charge on any atom is 0.238 e. The summed E-state index contributed by atoms with van der Waals surface area (Å²) in [6.07, 6.45) is 0. The fourth-order valence-electron chi connectivity index (χ4n) is 1.34. The van der Waals surface area contributed by atoms with Gasteiger partial charge in [0, 0.05) is 17.6 Å². The Morgan fingerprint density at radius 3 is 2.56 bits per heavy atom. The van der Waals surface area contributed by atoms with Crippen LogP contribution < -0.4 is 16.2 Å². The van der Waals surface area contributed by atoms with Crippen LogP contribution in [-0.4, -0.2) is 27.1 Å². The molecule has 0 saturated carbocycles. The number of amides is 1. The molecule has 100 valence electrons. The maximum atomic E-state index is 11.4. The van der Waals surface area contributed by atoms with E-state index in [1.165, 1.54) is 24.9 Å². The standard InChI is InChI=1S/C10H15N3O3S2/c1-6-8(17-5-10(14)13-2)3-7(11)4-9(6)18(12,15)16/h3-4H,5,11H2,1-2H3,(H,13,14)(H2,12,15,16). The lowest BCUT2D eigenvalue weighted by Gasteiger charge is -2.10. The zero-order valence-corrected chi connectivity index (χ0v) is 11.7. The molecule has 6 nitrogen and oxygen atoms in total. The summed E-state index contributed by atoms with van der Waals surface area (Å²) in [4.78, 5) is 11.8. The van der Waals surface area contributed by atoms with Gasteiger partial charge >= 0.3 is 0 Å². The Hall–Kier alpha value is -1.25. The van der Waals surface area contributed by atoms with Crippen molar-refractivity contribution in [3.05, 3.63) is 17.7 Å². The van der Waals surface area contributed by atoms with Crippen molar-refractivity contribution in [2.45, 2.75) is 16.7 Å². The Morgan fingerprint density at radius 1 is 1.44 bits per heavy atom. The van der Waals surface area contributed by atoms with Crippen LogP contribution in [0.2, 0.25) is 0 Å². The highest BCUT2D eigenvalue weighted by molar-refractivity contribution is 8.00. The highest BCUT2D eigenvalue weighted by atomic mass is 32.2. The molecule has 0 aromatic heterocycles. The van der Waals surface area contributed by atoms with Gasteiger partial charge in [-0.3, -0.25) is 4.79 Å². The van der Waals surface area contributed by atoms with Crippen LogP contribution in [0.3, 0.4) is 0 Å². The number of sulfonamides is 1. The van der Waals surface area contributed by atoms with Crippen molar-refractivity contribution in [1.29, 1.82) is 0 Å². The van der Waals surface area contributed by atoms with Crippen molar-refractivity contribution in [2.24, 2.45) is 5.14 Å². The summed E-state index contributed by atoms with van der Waals surface area (Å²) in [6, 6.07) is 2.94. The van der Waals surface area contributed by atoms with E-state index in [9.17, 15) is 13.2 Å². The number of primary sulfonamides is 1. The third kappa shape index (κ3) is 3.62. The monoisotopic (exact) mass is 289 g/mol. The fourth-order valence-corrected chi connectivity index (χ4v) is 3.22. The fraction of sp³-hybridized carbons (Fsp3) is 0.300. The predicted octanol–water partition coefficient (Wildman–Crippen LogP) is 0.0627. The van der Waals surface area contributed by atoms with E-state index in [0.717, 1.165) is 0 Å². The lowest BCUT2D eigenvalue weighted by molar-refractivity contribution is -0.118. The molecule has 0 aliphatic rings. The molecule has 0 saturated heterocycles. The molecular weight excluding hydrogens is 274 g/mol. The first-order valence-corrected chi connectivity index (χ1v) is 7.55. The van der Waals surface area contributed by atoms with Crippen molar-refractivity contribution in [1.82, 2.24) is 5.32 Å². The molecule has 0 spiro atoms. The third-order valence-corrected chi connectivity index (χ3v) is 4.46. The Morgan fingerprint density at radius 2 is 2.06 bits per heavy atom. The second-order valence-corrected chi connectivity index (χ2v) is 6.20. The quantitative estimate of drug-likeness (QED) is 0.535. The van der Waals surface area contributed by atoms with Gasteiger partial charge in [-0.1, -0.05) is 0 Å². The van der Waals surface area contributed by atoms with Gasteiger partial charge in [-0.05, 0) is 24.6 Å². The molecular formula is C10H15N3O3S2. The van der Waals surface area contributed by atoms with Gasteiger partial charge < -0.3 is 11.1 Å². The smallest absolute Gasteiger partial charge is 0.238 e. The van der Waals surface area contributed by atoms with Crippen molar-refractivity contribution in [3.8, 4) is 0 Å². The van der Waals surface area contributed by atoms with Gasteiger partial charge in [-0.2, -0.15) is 0 Å². The number of carbonyl (C=O) groups is 1. The minimum Gasteiger partial charge on any atom is -0.399 e. The lowest BCUT2D eigenvalue weighted by atomic mass is 10.2. The van der Waals surface area contributed by atoms with Gasteiger partial charge in [0.05, 0.1) is 10.6 Å². The number of benzene rings is 1. The number of nitrogens with two attached hydrogens (primary N) is 2. The largest absolute Gasteiger partial charge is 0.399 e. The van der Waals surface area contributed by atoms with Crippen LogP contribution in [0.1, 0.15) is 5.56 Å². The van der Waals surface area contributed by atoms with Gasteiger partial charge in [-0.15, -0.1) is 11.8 Å². The number of nitrogen functional groups attached to an aromatic ring is 1. The van der Waals surface area contributed by atoms with Gasteiger partial charge in [0.1, 0.15) is 0 Å². The number of hydrogen-bond donors (Lipinski definition) is 3. The topological polar surface area (TPSA) is 115 Å². The van der Waals surface area contributed by atoms with Crippen LogP contribution in [0.4, 0.5) is 5.69 Å². The first-order chi connectivity index (χ1) is 8.25. The van der Waals surface area contributed by atoms with Gasteiger partial charge in [0.15, 0.2) is 0 Å². The molecule has 1 amide bonds. The van der Waals surface area contributed by atoms with Gasteiger partial charge in [0.25, 0.3) is 0 Å². The van der Waals surface area contributed by atoms with E-state index in [2.05, 4.69) is 5.32 Å². The predicted molar refractivity (Wildman–Crippen MR) is 71.8 cm³/mol. The molecule has 1 rings (SSSR count). The Balaban J connectivity index is 3.14. The molecule has 18 heavy (non-hydrogen) atoms. The minimum atomic E-state index is -3.82. The average Bonchev–Trinajstić information content (AvgIpc) is 2.27. The molecule has 0 bridgehead atoms. The third-order valence-electron chi connectivity index (χ3n) is 2.28. The van der Waals surface area contributed by atoms with E-state index in [1.54, 1.807) is 13.0 Å². The van der Waals surface area contributed by atoms with Crippen molar-refractivity contribution in [3.63, 3.8) is 0 Å². The van der Waals surface area contributed by atoms with Crippen LogP contribution in [-0.2, 0) is 14.8 Å². The number of hydrogen-bond acceptors (Lipinski definition) is 5. The Bertz CT molecular complexity index is 570. The summed E-state index contributed by atoms with van der Waals surface area (Å²) >= 11 is 1.21. The summed E-state index contributed by atoms with van der Waals surface area (Å²) in [5, 5.41) is 7.59. The second-order valence-electron chi connectivity index (χ2n) is 3.65. The number of anilines is 1. The van der Waals surface area contributed by atoms with E-state index in [4.69, 9.17) is 10.9 Å². The van der Waals surface area contributed by atoms with E-state index in [0.29, 0.717) is 16.1 Å². The average molecular weight is 289 g/mol. The van der Waals surface area contributed by atoms with Crippen LogP contribution in [0.15, 0.2) is 21.9 Å². The number of nitrogens with one attached hydrogen (secondary N) is 1. The molecule has 0 aliphatic heterocycles. The molecule has 0 fully saturated rings. The zero-order chi connectivity index (χ0) is 13.9. The van der Waals surface area contributed by atoms with Crippen LogP contribution >= 0.6 is 11.8 Å². The summed E-state index contributed by atoms with van der Waals surface area (Å²) in [7, 11) is -2.28.